The molecule has 3 aromatic heterocycles. The highest BCUT2D eigenvalue weighted by atomic mass is 16.5. The molecule has 2 aliphatic rings. The number of rotatable bonds is 5. The van der Waals surface area contributed by atoms with E-state index >= 15 is 0 Å². The zero-order chi connectivity index (χ0) is 18.1. The standard InChI is InChI=1S/C23H21N3O/c1-3-9-24-20(5-1)22-13-19(14-23(26-22)21-6-2-4-10-25-21)27-15-18-12-16-7-8-17(18)11-16/h1-10,13-14,16-18H,11-12,15H2/t16-,17+,18-/m1/s1. The molecule has 0 spiro atoms. The minimum Gasteiger partial charge on any atom is -0.493 e. The number of hydrogen-bond acceptors (Lipinski definition) is 4. The molecule has 0 saturated heterocycles. The van der Waals surface area contributed by atoms with Gasteiger partial charge in [0.2, 0.25) is 0 Å². The maximum atomic E-state index is 6.24. The van der Waals surface area contributed by atoms with E-state index in [1.807, 2.05) is 48.5 Å². The third kappa shape index (κ3) is 3.35. The summed E-state index contributed by atoms with van der Waals surface area (Å²) in [5.74, 6) is 2.89. The van der Waals surface area contributed by atoms with Crippen LogP contribution in [0.2, 0.25) is 0 Å². The Morgan fingerprint density at radius 1 is 0.815 bits per heavy atom. The molecule has 3 heterocycles. The van der Waals surface area contributed by atoms with Crippen molar-refractivity contribution in [2.75, 3.05) is 6.61 Å². The summed E-state index contributed by atoms with van der Waals surface area (Å²) < 4.78 is 6.24. The first-order chi connectivity index (χ1) is 13.3. The van der Waals surface area contributed by atoms with Crippen LogP contribution in [0, 0.1) is 17.8 Å². The molecule has 0 aliphatic heterocycles. The summed E-state index contributed by atoms with van der Waals surface area (Å²) in [5, 5.41) is 0. The highest BCUT2D eigenvalue weighted by Crippen LogP contribution is 2.43. The Bertz CT molecular complexity index is 898. The van der Waals surface area contributed by atoms with E-state index in [-0.39, 0.29) is 0 Å². The van der Waals surface area contributed by atoms with E-state index in [1.54, 1.807) is 12.4 Å². The molecule has 2 bridgehead atoms. The van der Waals surface area contributed by atoms with E-state index < -0.39 is 0 Å². The van der Waals surface area contributed by atoms with E-state index in [9.17, 15) is 0 Å². The van der Waals surface area contributed by atoms with Crippen LogP contribution in [0.3, 0.4) is 0 Å². The second-order valence-corrected chi connectivity index (χ2v) is 7.35. The lowest BCUT2D eigenvalue weighted by Gasteiger charge is -2.19. The zero-order valence-electron chi connectivity index (χ0n) is 15.0. The highest BCUT2D eigenvalue weighted by molar-refractivity contribution is 5.64. The van der Waals surface area contributed by atoms with Crippen molar-refractivity contribution in [3.63, 3.8) is 0 Å². The SMILES string of the molecule is C1=C[C@H]2C[C@@H]1C[C@@H]2COc1cc(-c2ccccn2)nc(-c2ccccn2)c1. The van der Waals surface area contributed by atoms with Crippen LogP contribution in [0.25, 0.3) is 22.8 Å². The van der Waals surface area contributed by atoms with E-state index in [0.717, 1.165) is 41.1 Å². The molecule has 4 heteroatoms. The van der Waals surface area contributed by atoms with Gasteiger partial charge >= 0.3 is 0 Å². The zero-order valence-corrected chi connectivity index (χ0v) is 15.0. The van der Waals surface area contributed by atoms with Crippen LogP contribution < -0.4 is 4.74 Å². The molecule has 3 aromatic rings. The molecule has 4 nitrogen and oxygen atoms in total. The van der Waals surface area contributed by atoms with Crippen LogP contribution >= 0.6 is 0 Å². The molecule has 0 unspecified atom stereocenters. The van der Waals surface area contributed by atoms with Gasteiger partial charge in [-0.15, -0.1) is 0 Å². The van der Waals surface area contributed by atoms with Crippen LogP contribution in [0.5, 0.6) is 5.75 Å². The van der Waals surface area contributed by atoms with Gasteiger partial charge < -0.3 is 4.74 Å². The Hall–Kier alpha value is -3.01. The smallest absolute Gasteiger partial charge is 0.123 e. The first-order valence-corrected chi connectivity index (χ1v) is 9.51. The normalized spacial score (nSPS) is 22.9. The Morgan fingerprint density at radius 3 is 2.04 bits per heavy atom. The van der Waals surface area contributed by atoms with E-state index in [4.69, 9.17) is 9.72 Å². The predicted molar refractivity (Wildman–Crippen MR) is 105 cm³/mol. The van der Waals surface area contributed by atoms with Crippen LogP contribution in [0.1, 0.15) is 12.8 Å². The minimum absolute atomic E-state index is 0.616. The van der Waals surface area contributed by atoms with Gasteiger partial charge in [-0.1, -0.05) is 24.3 Å². The molecule has 3 atom stereocenters. The van der Waals surface area contributed by atoms with Gasteiger partial charge in [0, 0.05) is 24.5 Å². The molecule has 1 saturated carbocycles. The predicted octanol–water partition coefficient (Wildman–Crippen LogP) is 4.80. The van der Waals surface area contributed by atoms with Gasteiger partial charge in [0.05, 0.1) is 29.4 Å². The van der Waals surface area contributed by atoms with Crippen molar-refractivity contribution in [1.82, 2.24) is 15.0 Å². The van der Waals surface area contributed by atoms with Gasteiger partial charge in [0.25, 0.3) is 0 Å². The summed E-state index contributed by atoms with van der Waals surface area (Å²) in [5.41, 5.74) is 3.29. The summed E-state index contributed by atoms with van der Waals surface area (Å²) in [6.07, 6.45) is 10.8. The fourth-order valence-corrected chi connectivity index (χ4v) is 4.17. The number of aromatic nitrogens is 3. The molecule has 0 N–H and O–H groups in total. The number of ether oxygens (including phenoxy) is 1. The van der Waals surface area contributed by atoms with Crippen molar-refractivity contribution in [3.05, 3.63) is 73.1 Å². The van der Waals surface area contributed by atoms with Gasteiger partial charge in [0.15, 0.2) is 0 Å². The Kier molecular flexibility index (Phi) is 4.17. The lowest BCUT2D eigenvalue weighted by atomic mass is 9.95. The van der Waals surface area contributed by atoms with Crippen molar-refractivity contribution in [3.8, 4) is 28.5 Å². The first-order valence-electron chi connectivity index (χ1n) is 9.51. The Morgan fingerprint density at radius 2 is 1.52 bits per heavy atom. The Balaban J connectivity index is 1.45. The molecule has 1 fully saturated rings. The second-order valence-electron chi connectivity index (χ2n) is 7.35. The van der Waals surface area contributed by atoms with Crippen LogP contribution in [-0.4, -0.2) is 21.6 Å². The fraction of sp³-hybridized carbons (Fsp3) is 0.261. The summed E-state index contributed by atoms with van der Waals surface area (Å²) in [6, 6.07) is 15.7. The molecule has 0 radical (unpaired) electrons. The topological polar surface area (TPSA) is 47.9 Å². The summed E-state index contributed by atoms with van der Waals surface area (Å²) >= 11 is 0. The van der Waals surface area contributed by atoms with Gasteiger partial charge in [-0.05, 0) is 54.9 Å². The van der Waals surface area contributed by atoms with Crippen LogP contribution in [0.15, 0.2) is 73.1 Å². The average molecular weight is 355 g/mol. The number of fused-ring (bicyclic) bond motifs is 2. The van der Waals surface area contributed by atoms with Crippen molar-refractivity contribution in [2.24, 2.45) is 17.8 Å². The molecule has 0 aromatic carbocycles. The molecular formula is C23H21N3O. The molecule has 0 amide bonds. The highest BCUT2D eigenvalue weighted by Gasteiger charge is 2.35. The van der Waals surface area contributed by atoms with Crippen molar-refractivity contribution in [1.29, 1.82) is 0 Å². The fourth-order valence-electron chi connectivity index (χ4n) is 4.17. The van der Waals surface area contributed by atoms with Gasteiger partial charge in [-0.2, -0.15) is 0 Å². The summed E-state index contributed by atoms with van der Waals surface area (Å²) in [6.45, 7) is 0.749. The van der Waals surface area contributed by atoms with E-state index in [0.29, 0.717) is 11.8 Å². The molecular weight excluding hydrogens is 334 g/mol. The molecule has 27 heavy (non-hydrogen) atoms. The third-order valence-electron chi connectivity index (χ3n) is 5.53. The minimum atomic E-state index is 0.616. The van der Waals surface area contributed by atoms with Crippen LogP contribution in [0.4, 0.5) is 0 Å². The Labute approximate surface area is 159 Å². The van der Waals surface area contributed by atoms with E-state index in [2.05, 4.69) is 22.1 Å². The molecule has 2 aliphatic carbocycles. The van der Waals surface area contributed by atoms with Gasteiger partial charge in [0.1, 0.15) is 5.75 Å². The van der Waals surface area contributed by atoms with Gasteiger partial charge in [-0.3, -0.25) is 9.97 Å². The average Bonchev–Trinajstić information content (AvgIpc) is 3.37. The van der Waals surface area contributed by atoms with E-state index in [1.165, 1.54) is 12.8 Å². The number of allylic oxidation sites excluding steroid dienone is 2. The third-order valence-corrected chi connectivity index (χ3v) is 5.53. The number of hydrogen-bond donors (Lipinski definition) is 0. The number of pyridine rings is 3. The van der Waals surface area contributed by atoms with Crippen molar-refractivity contribution >= 4 is 0 Å². The number of nitrogens with zero attached hydrogens (tertiary/aromatic N) is 3. The lowest BCUT2D eigenvalue weighted by Crippen LogP contribution is -2.16. The van der Waals surface area contributed by atoms with Crippen LogP contribution in [-0.2, 0) is 0 Å². The first kappa shape index (κ1) is 16.2. The quantitative estimate of drug-likeness (QED) is 0.617. The lowest BCUT2D eigenvalue weighted by molar-refractivity contribution is 0.228. The largest absolute Gasteiger partial charge is 0.493 e. The van der Waals surface area contributed by atoms with Crippen molar-refractivity contribution < 1.29 is 4.74 Å². The maximum Gasteiger partial charge on any atom is 0.123 e. The van der Waals surface area contributed by atoms with Crippen molar-refractivity contribution in [2.45, 2.75) is 12.8 Å². The maximum absolute atomic E-state index is 6.24. The molecule has 5 rings (SSSR count). The molecule has 134 valence electrons. The summed E-state index contributed by atoms with van der Waals surface area (Å²) in [4.78, 5) is 13.7. The second kappa shape index (κ2) is 6.95. The van der Waals surface area contributed by atoms with Gasteiger partial charge in [-0.25, -0.2) is 4.98 Å². The monoisotopic (exact) mass is 355 g/mol. The summed E-state index contributed by atoms with van der Waals surface area (Å²) in [7, 11) is 0.